The molecule has 0 aliphatic rings. The molecule has 0 N–H and O–H groups in total. The molecule has 0 aliphatic carbocycles. The van der Waals surface area contributed by atoms with E-state index in [1.165, 1.54) is 5.56 Å². The largest absolute Gasteiger partial charge is 0.493 e. The molecule has 15 heavy (non-hydrogen) atoms. The van der Waals surface area contributed by atoms with Gasteiger partial charge in [-0.3, -0.25) is 0 Å². The number of ether oxygens (including phenoxy) is 1. The zero-order valence-electron chi connectivity index (χ0n) is 9.40. The van der Waals surface area contributed by atoms with Gasteiger partial charge in [0.25, 0.3) is 0 Å². The Kier molecular flexibility index (Phi) is 4.88. The van der Waals surface area contributed by atoms with E-state index in [2.05, 4.69) is 26.0 Å². The van der Waals surface area contributed by atoms with Crippen molar-refractivity contribution in [2.45, 2.75) is 32.6 Å². The number of aldehydes is 1. The van der Waals surface area contributed by atoms with E-state index < -0.39 is 0 Å². The van der Waals surface area contributed by atoms with Gasteiger partial charge in [-0.05, 0) is 30.0 Å². The van der Waals surface area contributed by atoms with E-state index in [4.69, 9.17) is 4.74 Å². The minimum absolute atomic E-state index is 0.452. The molecular formula is C13H18O2. The van der Waals surface area contributed by atoms with Gasteiger partial charge in [0, 0.05) is 6.42 Å². The highest BCUT2D eigenvalue weighted by molar-refractivity contribution is 5.49. The van der Waals surface area contributed by atoms with Crippen molar-refractivity contribution in [1.29, 1.82) is 0 Å². The van der Waals surface area contributed by atoms with Gasteiger partial charge in [-0.15, -0.1) is 0 Å². The zero-order chi connectivity index (χ0) is 11.1. The van der Waals surface area contributed by atoms with Crippen LogP contribution in [0.25, 0.3) is 0 Å². The molecule has 0 bridgehead atoms. The predicted molar refractivity (Wildman–Crippen MR) is 61.3 cm³/mol. The van der Waals surface area contributed by atoms with Crippen molar-refractivity contribution >= 4 is 6.29 Å². The predicted octanol–water partition coefficient (Wildman–Crippen LogP) is 3.17. The Balaban J connectivity index is 2.52. The second-order valence-electron chi connectivity index (χ2n) is 3.68. The second-order valence-corrected chi connectivity index (χ2v) is 3.68. The van der Waals surface area contributed by atoms with E-state index in [-0.39, 0.29) is 0 Å². The summed E-state index contributed by atoms with van der Waals surface area (Å²) in [5, 5.41) is 0. The molecule has 0 aromatic heterocycles. The van der Waals surface area contributed by atoms with E-state index in [1.807, 2.05) is 12.1 Å². The number of rotatable bonds is 6. The Morgan fingerprint density at radius 3 is 2.53 bits per heavy atom. The van der Waals surface area contributed by atoms with Gasteiger partial charge in [0.2, 0.25) is 0 Å². The monoisotopic (exact) mass is 206 g/mol. The van der Waals surface area contributed by atoms with Crippen LogP contribution in [0, 0.1) is 0 Å². The molecule has 2 nitrogen and oxygen atoms in total. The van der Waals surface area contributed by atoms with E-state index in [1.54, 1.807) is 0 Å². The maximum absolute atomic E-state index is 10.1. The summed E-state index contributed by atoms with van der Waals surface area (Å²) in [6.07, 6.45) is 2.46. The molecule has 0 spiro atoms. The van der Waals surface area contributed by atoms with Gasteiger partial charge in [-0.1, -0.05) is 26.0 Å². The summed E-state index contributed by atoms with van der Waals surface area (Å²) in [5.41, 5.74) is 1.33. The topological polar surface area (TPSA) is 26.3 Å². The van der Waals surface area contributed by atoms with Gasteiger partial charge in [-0.25, -0.2) is 0 Å². The standard InChI is InChI=1S/C13H18O2/c1-3-11(2)12-5-7-13(8-6-12)15-10-4-9-14/h5-9,11H,3-4,10H2,1-2H3. The normalized spacial score (nSPS) is 12.1. The maximum Gasteiger partial charge on any atom is 0.123 e. The Bertz CT molecular complexity index is 290. The van der Waals surface area contributed by atoms with Crippen LogP contribution in [0.3, 0.4) is 0 Å². The quantitative estimate of drug-likeness (QED) is 0.528. The highest BCUT2D eigenvalue weighted by atomic mass is 16.5. The van der Waals surface area contributed by atoms with E-state index in [0.717, 1.165) is 18.5 Å². The van der Waals surface area contributed by atoms with Crippen LogP contribution in [0.15, 0.2) is 24.3 Å². The van der Waals surface area contributed by atoms with Crippen molar-refractivity contribution < 1.29 is 9.53 Å². The average Bonchev–Trinajstić information content (AvgIpc) is 2.29. The third-order valence-electron chi connectivity index (χ3n) is 2.57. The van der Waals surface area contributed by atoms with Crippen molar-refractivity contribution in [2.75, 3.05) is 6.61 Å². The first kappa shape index (κ1) is 11.8. The average molecular weight is 206 g/mol. The van der Waals surface area contributed by atoms with Crippen LogP contribution in [-0.2, 0) is 4.79 Å². The molecule has 0 saturated carbocycles. The first-order chi connectivity index (χ1) is 7.27. The van der Waals surface area contributed by atoms with Crippen molar-refractivity contribution in [3.8, 4) is 5.75 Å². The first-order valence-corrected chi connectivity index (χ1v) is 5.44. The first-order valence-electron chi connectivity index (χ1n) is 5.44. The van der Waals surface area contributed by atoms with Crippen molar-refractivity contribution in [3.05, 3.63) is 29.8 Å². The van der Waals surface area contributed by atoms with Crippen LogP contribution in [0.2, 0.25) is 0 Å². The lowest BCUT2D eigenvalue weighted by molar-refractivity contribution is -0.108. The smallest absolute Gasteiger partial charge is 0.123 e. The number of carbonyl (C=O) groups excluding carboxylic acids is 1. The third-order valence-corrected chi connectivity index (χ3v) is 2.57. The molecule has 0 fully saturated rings. The molecule has 0 radical (unpaired) electrons. The highest BCUT2D eigenvalue weighted by Crippen LogP contribution is 2.21. The number of carbonyl (C=O) groups is 1. The molecule has 0 amide bonds. The van der Waals surface area contributed by atoms with E-state index in [0.29, 0.717) is 18.9 Å². The minimum atomic E-state index is 0.452. The summed E-state index contributed by atoms with van der Waals surface area (Å²) in [4.78, 5) is 10.1. The maximum atomic E-state index is 10.1. The number of benzene rings is 1. The summed E-state index contributed by atoms with van der Waals surface area (Å²) < 4.78 is 5.38. The summed E-state index contributed by atoms with van der Waals surface area (Å²) in [5.74, 6) is 1.43. The minimum Gasteiger partial charge on any atom is -0.493 e. The third kappa shape index (κ3) is 3.74. The molecule has 0 heterocycles. The van der Waals surface area contributed by atoms with Gasteiger partial charge >= 0.3 is 0 Å². The van der Waals surface area contributed by atoms with Gasteiger partial charge in [-0.2, -0.15) is 0 Å². The fraction of sp³-hybridized carbons (Fsp3) is 0.462. The summed E-state index contributed by atoms with van der Waals surface area (Å²) in [6.45, 7) is 4.85. The van der Waals surface area contributed by atoms with Crippen molar-refractivity contribution in [3.63, 3.8) is 0 Å². The van der Waals surface area contributed by atoms with Crippen LogP contribution >= 0.6 is 0 Å². The van der Waals surface area contributed by atoms with Crippen molar-refractivity contribution in [2.24, 2.45) is 0 Å². The Morgan fingerprint density at radius 2 is 2.00 bits per heavy atom. The lowest BCUT2D eigenvalue weighted by Gasteiger charge is -2.10. The van der Waals surface area contributed by atoms with Gasteiger partial charge in [0.15, 0.2) is 0 Å². The molecule has 0 saturated heterocycles. The fourth-order valence-electron chi connectivity index (χ4n) is 1.35. The van der Waals surface area contributed by atoms with Crippen LogP contribution in [0.5, 0.6) is 5.75 Å². The molecule has 82 valence electrons. The Labute approximate surface area is 91.3 Å². The molecule has 2 heteroatoms. The van der Waals surface area contributed by atoms with Crippen LogP contribution in [0.1, 0.15) is 38.2 Å². The van der Waals surface area contributed by atoms with Crippen LogP contribution in [0.4, 0.5) is 0 Å². The summed E-state index contributed by atoms with van der Waals surface area (Å²) in [6, 6.07) is 8.10. The summed E-state index contributed by atoms with van der Waals surface area (Å²) in [7, 11) is 0. The van der Waals surface area contributed by atoms with E-state index >= 15 is 0 Å². The molecule has 1 unspecified atom stereocenters. The molecule has 1 aromatic carbocycles. The number of hydrogen-bond acceptors (Lipinski definition) is 2. The molecule has 1 aromatic rings. The van der Waals surface area contributed by atoms with Crippen LogP contribution in [-0.4, -0.2) is 12.9 Å². The molecule has 1 rings (SSSR count). The molecular weight excluding hydrogens is 188 g/mol. The lowest BCUT2D eigenvalue weighted by atomic mass is 9.99. The van der Waals surface area contributed by atoms with Gasteiger partial charge < -0.3 is 9.53 Å². The molecule has 1 atom stereocenters. The zero-order valence-corrected chi connectivity index (χ0v) is 9.40. The Morgan fingerprint density at radius 1 is 1.33 bits per heavy atom. The van der Waals surface area contributed by atoms with Crippen molar-refractivity contribution in [1.82, 2.24) is 0 Å². The SMILES string of the molecule is CCC(C)c1ccc(OCCC=O)cc1. The number of hydrogen-bond donors (Lipinski definition) is 0. The highest BCUT2D eigenvalue weighted by Gasteiger charge is 2.02. The van der Waals surface area contributed by atoms with Gasteiger partial charge in [0.1, 0.15) is 12.0 Å². The second kappa shape index (κ2) is 6.23. The lowest BCUT2D eigenvalue weighted by Crippen LogP contribution is -1.98. The van der Waals surface area contributed by atoms with E-state index in [9.17, 15) is 4.79 Å². The fourth-order valence-corrected chi connectivity index (χ4v) is 1.35. The molecule has 0 aliphatic heterocycles. The summed E-state index contributed by atoms with van der Waals surface area (Å²) >= 11 is 0. The van der Waals surface area contributed by atoms with Crippen LogP contribution < -0.4 is 4.74 Å². The Hall–Kier alpha value is -1.31. The van der Waals surface area contributed by atoms with Gasteiger partial charge in [0.05, 0.1) is 6.61 Å².